The maximum Gasteiger partial charge on any atom is 0.253 e. The Labute approximate surface area is 153 Å². The van der Waals surface area contributed by atoms with Crippen LogP contribution in [0.5, 0.6) is 0 Å². The van der Waals surface area contributed by atoms with Crippen molar-refractivity contribution in [3.05, 3.63) is 60.2 Å². The van der Waals surface area contributed by atoms with Gasteiger partial charge in [-0.2, -0.15) is 0 Å². The standard InChI is InChI=1S/C20H24N4O2/c1-15(2)24-14-20(9-8-18(24)25,12-17-7-3-4-11-22-17)23-19(26)16-6-5-10-21-13-16/h3-7,10-11,13,15H,8-9,12,14H2,1-2H3,(H,23,26). The molecule has 2 amide bonds. The summed E-state index contributed by atoms with van der Waals surface area (Å²) in [4.78, 5) is 35.4. The molecule has 3 heterocycles. The van der Waals surface area contributed by atoms with Crippen LogP contribution in [0, 0.1) is 0 Å². The van der Waals surface area contributed by atoms with Crippen molar-refractivity contribution in [3.63, 3.8) is 0 Å². The summed E-state index contributed by atoms with van der Waals surface area (Å²) in [6.45, 7) is 4.47. The minimum absolute atomic E-state index is 0.0844. The van der Waals surface area contributed by atoms with Crippen molar-refractivity contribution in [1.29, 1.82) is 0 Å². The first kappa shape index (κ1) is 18.0. The van der Waals surface area contributed by atoms with Crippen molar-refractivity contribution in [2.75, 3.05) is 6.54 Å². The van der Waals surface area contributed by atoms with E-state index in [9.17, 15) is 9.59 Å². The summed E-state index contributed by atoms with van der Waals surface area (Å²) >= 11 is 0. The van der Waals surface area contributed by atoms with E-state index in [1.54, 1.807) is 30.7 Å². The number of nitrogens with zero attached hydrogens (tertiary/aromatic N) is 3. The summed E-state index contributed by atoms with van der Waals surface area (Å²) in [5.74, 6) is -0.0423. The van der Waals surface area contributed by atoms with Crippen molar-refractivity contribution >= 4 is 11.8 Å². The van der Waals surface area contributed by atoms with Crippen LogP contribution in [0.2, 0.25) is 0 Å². The van der Waals surface area contributed by atoms with E-state index >= 15 is 0 Å². The SMILES string of the molecule is CC(C)N1CC(Cc2ccccn2)(NC(=O)c2cccnc2)CCC1=O. The van der Waals surface area contributed by atoms with E-state index in [0.717, 1.165) is 5.69 Å². The van der Waals surface area contributed by atoms with Gasteiger partial charge in [0.15, 0.2) is 0 Å². The quantitative estimate of drug-likeness (QED) is 0.895. The lowest BCUT2D eigenvalue weighted by atomic mass is 9.83. The van der Waals surface area contributed by atoms with Crippen LogP contribution < -0.4 is 5.32 Å². The Morgan fingerprint density at radius 3 is 2.77 bits per heavy atom. The summed E-state index contributed by atoms with van der Waals surface area (Å²) in [6.07, 6.45) is 6.53. The van der Waals surface area contributed by atoms with Gasteiger partial charge in [0.2, 0.25) is 5.91 Å². The maximum absolute atomic E-state index is 12.8. The highest BCUT2D eigenvalue weighted by atomic mass is 16.2. The van der Waals surface area contributed by atoms with Gasteiger partial charge in [-0.3, -0.25) is 19.6 Å². The van der Waals surface area contributed by atoms with Crippen molar-refractivity contribution in [1.82, 2.24) is 20.2 Å². The molecule has 26 heavy (non-hydrogen) atoms. The smallest absolute Gasteiger partial charge is 0.253 e. The van der Waals surface area contributed by atoms with Crippen LogP contribution in [0.4, 0.5) is 0 Å². The zero-order chi connectivity index (χ0) is 18.6. The van der Waals surface area contributed by atoms with Gasteiger partial charge in [0.05, 0.1) is 11.1 Å². The first-order valence-electron chi connectivity index (χ1n) is 8.91. The van der Waals surface area contributed by atoms with E-state index in [-0.39, 0.29) is 17.9 Å². The highest BCUT2D eigenvalue weighted by Crippen LogP contribution is 2.27. The van der Waals surface area contributed by atoms with Gasteiger partial charge in [0.1, 0.15) is 0 Å². The topological polar surface area (TPSA) is 75.2 Å². The van der Waals surface area contributed by atoms with Gasteiger partial charge in [0, 0.05) is 49.7 Å². The molecule has 1 aliphatic heterocycles. The van der Waals surface area contributed by atoms with Gasteiger partial charge in [0.25, 0.3) is 5.91 Å². The number of amides is 2. The molecular formula is C20H24N4O2. The monoisotopic (exact) mass is 352 g/mol. The second-order valence-corrected chi connectivity index (χ2v) is 7.09. The number of carbonyl (C=O) groups is 2. The molecule has 0 aromatic carbocycles. The molecule has 2 aromatic heterocycles. The molecular weight excluding hydrogens is 328 g/mol. The zero-order valence-corrected chi connectivity index (χ0v) is 15.2. The predicted molar refractivity (Wildman–Crippen MR) is 98.5 cm³/mol. The average Bonchev–Trinajstić information content (AvgIpc) is 2.65. The third kappa shape index (κ3) is 4.07. The van der Waals surface area contributed by atoms with Crippen molar-refractivity contribution in [2.45, 2.75) is 44.7 Å². The fourth-order valence-corrected chi connectivity index (χ4v) is 3.40. The Morgan fingerprint density at radius 1 is 1.27 bits per heavy atom. The minimum Gasteiger partial charge on any atom is -0.344 e. The number of carbonyl (C=O) groups excluding carboxylic acids is 2. The fraction of sp³-hybridized carbons (Fsp3) is 0.400. The molecule has 1 atom stereocenters. The average molecular weight is 352 g/mol. The van der Waals surface area contributed by atoms with Gasteiger partial charge < -0.3 is 10.2 Å². The van der Waals surface area contributed by atoms with Crippen LogP contribution in [-0.2, 0) is 11.2 Å². The molecule has 1 aliphatic rings. The van der Waals surface area contributed by atoms with E-state index in [2.05, 4.69) is 15.3 Å². The van der Waals surface area contributed by atoms with Gasteiger partial charge in [-0.1, -0.05) is 6.07 Å². The number of likely N-dealkylation sites (tertiary alicyclic amines) is 1. The van der Waals surface area contributed by atoms with Gasteiger partial charge >= 0.3 is 0 Å². The summed E-state index contributed by atoms with van der Waals surface area (Å²) in [5, 5.41) is 3.19. The second kappa shape index (κ2) is 7.64. The number of hydrogen-bond donors (Lipinski definition) is 1. The predicted octanol–water partition coefficient (Wildman–Crippen LogP) is 2.22. The Balaban J connectivity index is 1.88. The molecule has 0 bridgehead atoms. The van der Waals surface area contributed by atoms with E-state index in [1.807, 2.05) is 36.9 Å². The van der Waals surface area contributed by atoms with E-state index in [1.165, 1.54) is 0 Å². The normalized spacial score (nSPS) is 20.3. The van der Waals surface area contributed by atoms with Crippen molar-refractivity contribution in [3.8, 4) is 0 Å². The molecule has 0 saturated carbocycles. The second-order valence-electron chi connectivity index (χ2n) is 7.09. The Bertz CT molecular complexity index is 764. The van der Waals surface area contributed by atoms with E-state index < -0.39 is 5.54 Å². The summed E-state index contributed by atoms with van der Waals surface area (Å²) < 4.78 is 0. The number of pyridine rings is 2. The largest absolute Gasteiger partial charge is 0.344 e. The fourth-order valence-electron chi connectivity index (χ4n) is 3.40. The van der Waals surface area contributed by atoms with Crippen LogP contribution in [0.3, 0.4) is 0 Å². The number of piperidine rings is 1. The van der Waals surface area contributed by atoms with E-state index in [0.29, 0.717) is 31.4 Å². The molecule has 1 fully saturated rings. The third-order valence-corrected chi connectivity index (χ3v) is 4.78. The first-order valence-corrected chi connectivity index (χ1v) is 8.91. The molecule has 3 rings (SSSR count). The zero-order valence-electron chi connectivity index (χ0n) is 15.2. The van der Waals surface area contributed by atoms with Gasteiger partial charge in [-0.15, -0.1) is 0 Å². The molecule has 6 nitrogen and oxygen atoms in total. The van der Waals surface area contributed by atoms with Crippen molar-refractivity contribution in [2.24, 2.45) is 0 Å². The summed E-state index contributed by atoms with van der Waals surface area (Å²) in [5.41, 5.74) is 0.873. The van der Waals surface area contributed by atoms with Crippen LogP contribution in [0.15, 0.2) is 48.9 Å². The van der Waals surface area contributed by atoms with E-state index in [4.69, 9.17) is 0 Å². The summed E-state index contributed by atoms with van der Waals surface area (Å²) in [6, 6.07) is 9.33. The Kier molecular flexibility index (Phi) is 5.30. The molecule has 6 heteroatoms. The van der Waals surface area contributed by atoms with Crippen LogP contribution in [-0.4, -0.2) is 44.8 Å². The molecule has 136 valence electrons. The Morgan fingerprint density at radius 2 is 2.12 bits per heavy atom. The van der Waals surface area contributed by atoms with Gasteiger partial charge in [-0.25, -0.2) is 0 Å². The lowest BCUT2D eigenvalue weighted by Crippen LogP contribution is -2.62. The number of rotatable bonds is 5. The Hall–Kier alpha value is -2.76. The lowest BCUT2D eigenvalue weighted by Gasteiger charge is -2.44. The number of hydrogen-bond acceptors (Lipinski definition) is 4. The minimum atomic E-state index is -0.542. The molecule has 1 N–H and O–H groups in total. The molecule has 0 aliphatic carbocycles. The molecule has 1 saturated heterocycles. The molecule has 1 unspecified atom stereocenters. The van der Waals surface area contributed by atoms with Gasteiger partial charge in [-0.05, 0) is 44.5 Å². The number of aromatic nitrogens is 2. The van der Waals surface area contributed by atoms with Crippen LogP contribution in [0.1, 0.15) is 42.7 Å². The van der Waals surface area contributed by atoms with Crippen molar-refractivity contribution < 1.29 is 9.59 Å². The molecule has 0 spiro atoms. The van der Waals surface area contributed by atoms with Crippen LogP contribution >= 0.6 is 0 Å². The lowest BCUT2D eigenvalue weighted by molar-refractivity contribution is -0.137. The molecule has 2 aromatic rings. The first-order chi connectivity index (χ1) is 12.5. The summed E-state index contributed by atoms with van der Waals surface area (Å²) in [7, 11) is 0. The molecule has 0 radical (unpaired) electrons. The van der Waals surface area contributed by atoms with Crippen LogP contribution in [0.25, 0.3) is 0 Å². The highest BCUT2D eigenvalue weighted by Gasteiger charge is 2.41. The number of nitrogens with one attached hydrogen (secondary N) is 1. The highest BCUT2D eigenvalue weighted by molar-refractivity contribution is 5.94. The maximum atomic E-state index is 12.8. The third-order valence-electron chi connectivity index (χ3n) is 4.78.